The number of rotatable bonds is 5. The van der Waals surface area contributed by atoms with E-state index in [1.165, 1.54) is 0 Å². The molecule has 0 heterocycles. The molecule has 1 aliphatic rings. The molecule has 4 heteroatoms. The third kappa shape index (κ3) is 2.91. The monoisotopic (exact) mass is 339 g/mol. The molecule has 0 saturated heterocycles. The second-order valence-corrected chi connectivity index (χ2v) is 6.60. The highest BCUT2D eigenvalue weighted by atomic mass is 79.9. The first kappa shape index (κ1) is 15.5. The van der Waals surface area contributed by atoms with Crippen LogP contribution in [-0.2, 0) is 11.2 Å². The first-order valence-electron chi connectivity index (χ1n) is 7.03. The van der Waals surface area contributed by atoms with Gasteiger partial charge in [-0.25, -0.2) is 0 Å². The zero-order chi connectivity index (χ0) is 14.8. The van der Waals surface area contributed by atoms with Gasteiger partial charge in [0, 0.05) is 16.5 Å². The van der Waals surface area contributed by atoms with E-state index in [0.29, 0.717) is 12.2 Å². The molecule has 0 radical (unpaired) electrons. The molecule has 0 aliphatic heterocycles. The summed E-state index contributed by atoms with van der Waals surface area (Å²) in [7, 11) is 5.68. The Bertz CT molecular complexity index is 493. The molecule has 0 spiro atoms. The molecular formula is C16H22BrNO2. The van der Waals surface area contributed by atoms with Gasteiger partial charge in [-0.3, -0.25) is 9.69 Å². The standard InChI is InChI=1S/C16H22BrNO2/c1-18(2)16(8-4-5-9-16)15(19)11-12-10-13(17)6-7-14(12)20-3/h6-7,10H,4-5,8-9,11H2,1-3H3. The molecule has 0 aromatic heterocycles. The summed E-state index contributed by atoms with van der Waals surface area (Å²) in [5.74, 6) is 1.09. The number of benzene rings is 1. The fourth-order valence-electron chi connectivity index (χ4n) is 3.16. The molecule has 0 bridgehead atoms. The zero-order valence-electron chi connectivity index (χ0n) is 12.4. The van der Waals surface area contributed by atoms with Crippen molar-refractivity contribution in [1.82, 2.24) is 4.90 Å². The molecule has 2 rings (SSSR count). The van der Waals surface area contributed by atoms with Gasteiger partial charge in [0.2, 0.25) is 0 Å². The fourth-order valence-corrected chi connectivity index (χ4v) is 3.57. The van der Waals surface area contributed by atoms with Gasteiger partial charge in [-0.05, 0) is 45.1 Å². The summed E-state index contributed by atoms with van der Waals surface area (Å²) < 4.78 is 6.35. The molecule has 0 atom stereocenters. The predicted octanol–water partition coefficient (Wildman–Crippen LogP) is 3.44. The van der Waals surface area contributed by atoms with E-state index in [2.05, 4.69) is 20.8 Å². The third-order valence-corrected chi connectivity index (χ3v) is 4.89. The Hall–Kier alpha value is -0.870. The molecule has 0 unspecified atom stereocenters. The Morgan fingerprint density at radius 2 is 2.00 bits per heavy atom. The third-order valence-electron chi connectivity index (χ3n) is 4.40. The molecule has 1 aliphatic carbocycles. The van der Waals surface area contributed by atoms with E-state index < -0.39 is 0 Å². The summed E-state index contributed by atoms with van der Waals surface area (Å²) in [5.41, 5.74) is 0.674. The Kier molecular flexibility index (Phi) is 4.86. The van der Waals surface area contributed by atoms with Crippen molar-refractivity contribution in [3.63, 3.8) is 0 Å². The average Bonchev–Trinajstić information content (AvgIpc) is 2.89. The summed E-state index contributed by atoms with van der Waals surface area (Å²) in [6, 6.07) is 5.82. The van der Waals surface area contributed by atoms with E-state index in [4.69, 9.17) is 4.74 Å². The van der Waals surface area contributed by atoms with Crippen LogP contribution in [0.15, 0.2) is 22.7 Å². The summed E-state index contributed by atoms with van der Waals surface area (Å²) in [6.45, 7) is 0. The van der Waals surface area contributed by atoms with Crippen molar-refractivity contribution in [3.05, 3.63) is 28.2 Å². The summed E-state index contributed by atoms with van der Waals surface area (Å²) in [5, 5.41) is 0. The van der Waals surface area contributed by atoms with Crippen LogP contribution in [0.1, 0.15) is 31.2 Å². The van der Waals surface area contributed by atoms with Gasteiger partial charge in [0.15, 0.2) is 5.78 Å². The van der Waals surface area contributed by atoms with Crippen molar-refractivity contribution in [2.45, 2.75) is 37.6 Å². The van der Waals surface area contributed by atoms with Gasteiger partial charge in [0.1, 0.15) is 5.75 Å². The minimum absolute atomic E-state index is 0.284. The van der Waals surface area contributed by atoms with Crippen LogP contribution in [0.2, 0.25) is 0 Å². The van der Waals surface area contributed by atoms with Gasteiger partial charge in [-0.1, -0.05) is 28.8 Å². The Labute approximate surface area is 129 Å². The quantitative estimate of drug-likeness (QED) is 0.822. The van der Waals surface area contributed by atoms with Crippen LogP contribution in [0.3, 0.4) is 0 Å². The Morgan fingerprint density at radius 3 is 2.55 bits per heavy atom. The molecule has 1 fully saturated rings. The number of hydrogen-bond donors (Lipinski definition) is 0. The second-order valence-electron chi connectivity index (χ2n) is 5.69. The molecule has 0 N–H and O–H groups in total. The van der Waals surface area contributed by atoms with Gasteiger partial charge in [0.25, 0.3) is 0 Å². The van der Waals surface area contributed by atoms with Gasteiger partial charge >= 0.3 is 0 Å². The average molecular weight is 340 g/mol. The van der Waals surface area contributed by atoms with Crippen molar-refractivity contribution in [2.75, 3.05) is 21.2 Å². The summed E-state index contributed by atoms with van der Waals surface area (Å²) in [4.78, 5) is 14.9. The van der Waals surface area contributed by atoms with E-state index in [1.54, 1.807) is 7.11 Å². The number of ether oxygens (including phenoxy) is 1. The highest BCUT2D eigenvalue weighted by Crippen LogP contribution is 2.36. The van der Waals surface area contributed by atoms with Crippen LogP contribution in [0, 0.1) is 0 Å². The highest BCUT2D eigenvalue weighted by Gasteiger charge is 2.42. The number of carbonyl (C=O) groups excluding carboxylic acids is 1. The maximum Gasteiger partial charge on any atom is 0.157 e. The fraction of sp³-hybridized carbons (Fsp3) is 0.562. The van der Waals surface area contributed by atoms with Crippen LogP contribution in [0.25, 0.3) is 0 Å². The minimum Gasteiger partial charge on any atom is -0.496 e. The first-order valence-corrected chi connectivity index (χ1v) is 7.82. The molecule has 110 valence electrons. The lowest BCUT2D eigenvalue weighted by atomic mass is 9.87. The first-order chi connectivity index (χ1) is 9.49. The molecule has 1 aromatic carbocycles. The lowest BCUT2D eigenvalue weighted by Gasteiger charge is -2.35. The maximum atomic E-state index is 12.8. The van der Waals surface area contributed by atoms with Crippen LogP contribution in [0.4, 0.5) is 0 Å². The smallest absolute Gasteiger partial charge is 0.157 e. The molecule has 20 heavy (non-hydrogen) atoms. The normalized spacial score (nSPS) is 17.4. The SMILES string of the molecule is COc1ccc(Br)cc1CC(=O)C1(N(C)C)CCCC1. The van der Waals surface area contributed by atoms with Crippen molar-refractivity contribution in [1.29, 1.82) is 0 Å². The number of halogens is 1. The Morgan fingerprint density at radius 1 is 1.35 bits per heavy atom. The van der Waals surface area contributed by atoms with Crippen molar-refractivity contribution < 1.29 is 9.53 Å². The van der Waals surface area contributed by atoms with Crippen LogP contribution in [-0.4, -0.2) is 37.4 Å². The van der Waals surface area contributed by atoms with Crippen molar-refractivity contribution in [3.8, 4) is 5.75 Å². The topological polar surface area (TPSA) is 29.5 Å². The van der Waals surface area contributed by atoms with E-state index in [-0.39, 0.29) is 5.54 Å². The molecular weight excluding hydrogens is 318 g/mol. The molecule has 0 amide bonds. The van der Waals surface area contributed by atoms with Crippen LogP contribution in [0.5, 0.6) is 5.75 Å². The van der Waals surface area contributed by atoms with Gasteiger partial charge in [-0.2, -0.15) is 0 Å². The largest absolute Gasteiger partial charge is 0.496 e. The van der Waals surface area contributed by atoms with Gasteiger partial charge < -0.3 is 4.74 Å². The van der Waals surface area contributed by atoms with E-state index in [0.717, 1.165) is 41.5 Å². The number of nitrogens with zero attached hydrogens (tertiary/aromatic N) is 1. The van der Waals surface area contributed by atoms with Crippen LogP contribution >= 0.6 is 15.9 Å². The molecule has 1 aromatic rings. The predicted molar refractivity (Wildman–Crippen MR) is 84.3 cm³/mol. The van der Waals surface area contributed by atoms with Gasteiger partial charge in [-0.15, -0.1) is 0 Å². The second kappa shape index (κ2) is 6.27. The number of carbonyl (C=O) groups is 1. The maximum absolute atomic E-state index is 12.8. The number of methoxy groups -OCH3 is 1. The van der Waals surface area contributed by atoms with E-state index in [9.17, 15) is 4.79 Å². The van der Waals surface area contributed by atoms with Crippen molar-refractivity contribution >= 4 is 21.7 Å². The lowest BCUT2D eigenvalue weighted by Crippen LogP contribution is -2.49. The van der Waals surface area contributed by atoms with E-state index in [1.807, 2.05) is 32.3 Å². The zero-order valence-corrected chi connectivity index (χ0v) is 14.0. The number of likely N-dealkylation sites (N-methyl/N-ethyl adjacent to an activating group) is 1. The highest BCUT2D eigenvalue weighted by molar-refractivity contribution is 9.10. The van der Waals surface area contributed by atoms with Crippen LogP contribution < -0.4 is 4.74 Å². The minimum atomic E-state index is -0.284. The summed E-state index contributed by atoms with van der Waals surface area (Å²) >= 11 is 3.46. The number of hydrogen-bond acceptors (Lipinski definition) is 3. The van der Waals surface area contributed by atoms with Crippen molar-refractivity contribution in [2.24, 2.45) is 0 Å². The molecule has 1 saturated carbocycles. The van der Waals surface area contributed by atoms with E-state index >= 15 is 0 Å². The Balaban J connectivity index is 2.25. The number of ketones is 1. The van der Waals surface area contributed by atoms with Gasteiger partial charge in [0.05, 0.1) is 12.6 Å². The lowest BCUT2D eigenvalue weighted by molar-refractivity contribution is -0.128. The summed E-state index contributed by atoms with van der Waals surface area (Å²) in [6.07, 6.45) is 4.64. The number of Topliss-reactive ketones (excluding diaryl/α,β-unsaturated/α-hetero) is 1. The molecule has 3 nitrogen and oxygen atoms in total.